The van der Waals surface area contributed by atoms with E-state index < -0.39 is 0 Å². The maximum atomic E-state index is 4.94. The van der Waals surface area contributed by atoms with E-state index in [2.05, 4.69) is 26.1 Å². The largest absolute Gasteiger partial charge is 0.359 e. The van der Waals surface area contributed by atoms with Crippen LogP contribution >= 0.6 is 11.8 Å². The summed E-state index contributed by atoms with van der Waals surface area (Å²) in [7, 11) is 0. The number of hydrogen-bond acceptors (Lipinski definition) is 2. The normalized spacial score (nSPS) is 38.9. The van der Waals surface area contributed by atoms with Gasteiger partial charge in [-0.1, -0.05) is 38.5 Å². The zero-order chi connectivity index (χ0) is 13.0. The predicted molar refractivity (Wildman–Crippen MR) is 82.4 cm³/mol. The van der Waals surface area contributed by atoms with E-state index >= 15 is 0 Å². The lowest BCUT2D eigenvalue weighted by atomic mass is 9.84. The molecule has 0 spiro atoms. The Balaban J connectivity index is 1.81. The Labute approximate surface area is 116 Å². The standard InChI is InChI=1S/C15H28N2S/c1-4-6-12-7-9-13(10-8-12)16-14-17-15(3,5-2)11-18-14/h12-13H,4-11H2,1-3H3,(H,16,17). The fraction of sp³-hybridized carbons (Fsp3) is 0.933. The third-order valence-electron chi connectivity index (χ3n) is 4.53. The summed E-state index contributed by atoms with van der Waals surface area (Å²) in [5.41, 5.74) is 0.281. The number of rotatable bonds is 4. The summed E-state index contributed by atoms with van der Waals surface area (Å²) in [5.74, 6) is 2.16. The molecule has 104 valence electrons. The van der Waals surface area contributed by atoms with E-state index in [4.69, 9.17) is 4.99 Å². The van der Waals surface area contributed by atoms with Gasteiger partial charge in [0.15, 0.2) is 5.17 Å². The van der Waals surface area contributed by atoms with Gasteiger partial charge in [-0.15, -0.1) is 0 Å². The quantitative estimate of drug-likeness (QED) is 0.826. The number of nitrogens with one attached hydrogen (secondary N) is 1. The first-order chi connectivity index (χ1) is 8.65. The van der Waals surface area contributed by atoms with Crippen LogP contribution in [0.4, 0.5) is 0 Å². The molecule has 0 aromatic carbocycles. The lowest BCUT2D eigenvalue weighted by molar-refractivity contribution is 0.309. The molecule has 2 nitrogen and oxygen atoms in total. The Morgan fingerprint density at radius 2 is 2.00 bits per heavy atom. The molecule has 1 unspecified atom stereocenters. The molecule has 1 N–H and O–H groups in total. The summed E-state index contributed by atoms with van der Waals surface area (Å²) < 4.78 is 0. The number of nitrogens with zero attached hydrogens (tertiary/aromatic N) is 1. The summed E-state index contributed by atoms with van der Waals surface area (Å²) in [6, 6.07) is 0.590. The first-order valence-corrected chi connectivity index (χ1v) is 8.62. The molecule has 0 bridgehead atoms. The fourth-order valence-corrected chi connectivity index (χ4v) is 4.23. The van der Waals surface area contributed by atoms with Crippen molar-refractivity contribution in [2.75, 3.05) is 5.75 Å². The molecule has 1 heterocycles. The van der Waals surface area contributed by atoms with Gasteiger partial charge in [0.1, 0.15) is 0 Å². The van der Waals surface area contributed by atoms with Crippen LogP contribution < -0.4 is 5.32 Å². The van der Waals surface area contributed by atoms with E-state index in [1.165, 1.54) is 55.9 Å². The SMILES string of the molecule is CCCC1CCC(N=C2NC(C)(CC)CS2)CC1. The van der Waals surface area contributed by atoms with Gasteiger partial charge in [-0.05, 0) is 44.9 Å². The van der Waals surface area contributed by atoms with Crippen LogP contribution in [0, 0.1) is 5.92 Å². The van der Waals surface area contributed by atoms with Crippen molar-refractivity contribution < 1.29 is 0 Å². The Bertz CT molecular complexity index is 295. The number of amidine groups is 1. The Kier molecular flexibility index (Phi) is 4.99. The van der Waals surface area contributed by atoms with Gasteiger partial charge in [0.2, 0.25) is 0 Å². The monoisotopic (exact) mass is 268 g/mol. The second-order valence-electron chi connectivity index (χ2n) is 6.23. The predicted octanol–water partition coefficient (Wildman–Crippen LogP) is 4.21. The third kappa shape index (κ3) is 3.66. The van der Waals surface area contributed by atoms with Crippen LogP contribution in [-0.2, 0) is 0 Å². The van der Waals surface area contributed by atoms with Crippen molar-refractivity contribution in [3.8, 4) is 0 Å². The Morgan fingerprint density at radius 3 is 2.56 bits per heavy atom. The zero-order valence-electron chi connectivity index (χ0n) is 12.2. The second kappa shape index (κ2) is 6.31. The maximum Gasteiger partial charge on any atom is 0.157 e. The Morgan fingerprint density at radius 1 is 1.28 bits per heavy atom. The number of thioether (sulfide) groups is 1. The van der Waals surface area contributed by atoms with Crippen LogP contribution in [0.15, 0.2) is 4.99 Å². The molecule has 1 saturated carbocycles. The molecule has 1 aliphatic carbocycles. The van der Waals surface area contributed by atoms with Gasteiger partial charge >= 0.3 is 0 Å². The molecule has 1 saturated heterocycles. The summed E-state index contributed by atoms with van der Waals surface area (Å²) in [4.78, 5) is 4.94. The smallest absolute Gasteiger partial charge is 0.157 e. The first kappa shape index (κ1) is 14.2. The second-order valence-corrected chi connectivity index (χ2v) is 7.19. The van der Waals surface area contributed by atoms with E-state index in [9.17, 15) is 0 Å². The maximum absolute atomic E-state index is 4.94. The fourth-order valence-electron chi connectivity index (χ4n) is 2.95. The highest BCUT2D eigenvalue weighted by Gasteiger charge is 2.31. The van der Waals surface area contributed by atoms with Crippen molar-refractivity contribution in [3.63, 3.8) is 0 Å². The van der Waals surface area contributed by atoms with E-state index in [1.807, 2.05) is 11.8 Å². The molecule has 3 heteroatoms. The van der Waals surface area contributed by atoms with E-state index in [-0.39, 0.29) is 5.54 Å². The molecular weight excluding hydrogens is 240 g/mol. The summed E-state index contributed by atoms with van der Waals surface area (Å²) >= 11 is 1.92. The van der Waals surface area contributed by atoms with Crippen molar-refractivity contribution in [2.45, 2.75) is 77.3 Å². The molecule has 0 aromatic heterocycles. The van der Waals surface area contributed by atoms with Crippen molar-refractivity contribution in [2.24, 2.45) is 10.9 Å². The van der Waals surface area contributed by atoms with Gasteiger partial charge in [0.25, 0.3) is 0 Å². The van der Waals surface area contributed by atoms with E-state index in [0.29, 0.717) is 6.04 Å². The average Bonchev–Trinajstić information content (AvgIpc) is 2.75. The highest BCUT2D eigenvalue weighted by molar-refractivity contribution is 8.14. The van der Waals surface area contributed by atoms with Gasteiger partial charge < -0.3 is 5.32 Å². The molecule has 1 atom stereocenters. The summed E-state index contributed by atoms with van der Waals surface area (Å²) in [6.45, 7) is 6.87. The molecule has 2 fully saturated rings. The topological polar surface area (TPSA) is 24.4 Å². The zero-order valence-corrected chi connectivity index (χ0v) is 13.0. The van der Waals surface area contributed by atoms with E-state index in [1.54, 1.807) is 0 Å². The molecule has 0 aromatic rings. The molecular formula is C15H28N2S. The van der Waals surface area contributed by atoms with Gasteiger partial charge in [-0.25, -0.2) is 0 Å². The average molecular weight is 268 g/mol. The number of hydrogen-bond donors (Lipinski definition) is 1. The summed E-state index contributed by atoms with van der Waals surface area (Å²) in [6.07, 6.45) is 9.34. The van der Waals surface area contributed by atoms with Crippen molar-refractivity contribution >= 4 is 16.9 Å². The summed E-state index contributed by atoms with van der Waals surface area (Å²) in [5, 5.41) is 4.82. The molecule has 2 rings (SSSR count). The molecule has 0 radical (unpaired) electrons. The van der Waals surface area contributed by atoms with Crippen LogP contribution in [0.1, 0.15) is 65.7 Å². The lowest BCUT2D eigenvalue weighted by Crippen LogP contribution is -2.40. The lowest BCUT2D eigenvalue weighted by Gasteiger charge is -2.26. The minimum atomic E-state index is 0.281. The van der Waals surface area contributed by atoms with Crippen molar-refractivity contribution in [1.29, 1.82) is 0 Å². The van der Waals surface area contributed by atoms with Crippen LogP contribution in [-0.4, -0.2) is 22.5 Å². The van der Waals surface area contributed by atoms with Crippen molar-refractivity contribution in [1.82, 2.24) is 5.32 Å². The first-order valence-electron chi connectivity index (χ1n) is 7.64. The highest BCUT2D eigenvalue weighted by Crippen LogP contribution is 2.31. The molecule has 2 aliphatic rings. The van der Waals surface area contributed by atoms with Gasteiger partial charge in [0.05, 0.1) is 6.04 Å². The third-order valence-corrected chi connectivity index (χ3v) is 5.79. The van der Waals surface area contributed by atoms with Gasteiger partial charge in [-0.3, -0.25) is 4.99 Å². The molecule has 0 amide bonds. The van der Waals surface area contributed by atoms with Crippen LogP contribution in [0.25, 0.3) is 0 Å². The van der Waals surface area contributed by atoms with Crippen LogP contribution in [0.5, 0.6) is 0 Å². The minimum absolute atomic E-state index is 0.281. The van der Waals surface area contributed by atoms with Crippen LogP contribution in [0.3, 0.4) is 0 Å². The minimum Gasteiger partial charge on any atom is -0.359 e. The van der Waals surface area contributed by atoms with E-state index in [0.717, 1.165) is 5.92 Å². The Hall–Kier alpha value is -0.180. The molecule has 18 heavy (non-hydrogen) atoms. The highest BCUT2D eigenvalue weighted by atomic mass is 32.2. The van der Waals surface area contributed by atoms with Crippen LogP contribution in [0.2, 0.25) is 0 Å². The molecule has 1 aliphatic heterocycles. The van der Waals surface area contributed by atoms with Gasteiger partial charge in [-0.2, -0.15) is 0 Å². The number of aliphatic imine (C=N–C) groups is 1. The van der Waals surface area contributed by atoms with Gasteiger partial charge in [0, 0.05) is 11.3 Å². The van der Waals surface area contributed by atoms with Crippen molar-refractivity contribution in [3.05, 3.63) is 0 Å².